The Balaban J connectivity index is 2.43. The molecule has 0 amide bonds. The average molecular weight is 285 g/mol. The van der Waals surface area contributed by atoms with Gasteiger partial charge in [-0.3, -0.25) is 0 Å². The summed E-state index contributed by atoms with van der Waals surface area (Å²) in [5, 5.41) is 21.3. The quantitative estimate of drug-likeness (QED) is 0.644. The lowest BCUT2D eigenvalue weighted by atomic mass is 9.94. The summed E-state index contributed by atoms with van der Waals surface area (Å²) in [6.45, 7) is 5.13. The minimum absolute atomic E-state index is 0.132. The van der Waals surface area contributed by atoms with Crippen LogP contribution in [0, 0.1) is 12.3 Å². The normalized spacial score (nSPS) is 11.2. The van der Waals surface area contributed by atoms with Crippen molar-refractivity contribution in [3.63, 3.8) is 0 Å². The van der Waals surface area contributed by atoms with Gasteiger partial charge in [0.05, 0.1) is 5.71 Å². The van der Waals surface area contributed by atoms with Gasteiger partial charge in [0.1, 0.15) is 11.4 Å². The van der Waals surface area contributed by atoms with Gasteiger partial charge in [-0.2, -0.15) is 4.98 Å². The molecule has 0 radical (unpaired) electrons. The van der Waals surface area contributed by atoms with Crippen LogP contribution < -0.4 is 11.1 Å². The van der Waals surface area contributed by atoms with Crippen LogP contribution in [0.15, 0.2) is 30.5 Å². The van der Waals surface area contributed by atoms with E-state index in [4.69, 9.17) is 11.1 Å². The molecule has 0 aliphatic carbocycles. The first-order chi connectivity index (χ1) is 9.77. The van der Waals surface area contributed by atoms with E-state index in [2.05, 4.69) is 15.3 Å². The lowest BCUT2D eigenvalue weighted by molar-refractivity contribution is 0.153. The molecule has 2 rings (SSSR count). The van der Waals surface area contributed by atoms with Crippen LogP contribution in [0.4, 0.5) is 17.5 Å². The van der Waals surface area contributed by atoms with Crippen LogP contribution in [-0.2, 0) is 0 Å². The molecule has 1 heterocycles. The summed E-state index contributed by atoms with van der Waals surface area (Å²) in [5.74, 6) is 0.713. The summed E-state index contributed by atoms with van der Waals surface area (Å²) in [4.78, 5) is 7.92. The van der Waals surface area contributed by atoms with E-state index in [0.717, 1.165) is 5.56 Å². The second kappa shape index (κ2) is 5.49. The maximum atomic E-state index is 10.0. The predicted molar refractivity (Wildman–Crippen MR) is 84.0 cm³/mol. The number of aliphatic hydroxyl groups is 1. The molecule has 0 fully saturated rings. The highest BCUT2D eigenvalue weighted by Gasteiger charge is 2.23. The first-order valence-electron chi connectivity index (χ1n) is 6.55. The summed E-state index contributed by atoms with van der Waals surface area (Å²) < 4.78 is 0. The molecule has 6 heteroatoms. The molecule has 110 valence electrons. The SMILES string of the molecule is Cc1ccc(C(=N)C(C)(C)O)c(Nc2ccnc(N)n2)c1. The number of hydrogen-bond donors (Lipinski definition) is 4. The van der Waals surface area contributed by atoms with Crippen LogP contribution in [0.5, 0.6) is 0 Å². The number of nitrogens with two attached hydrogens (primary N) is 1. The van der Waals surface area contributed by atoms with Crippen molar-refractivity contribution in [1.29, 1.82) is 5.41 Å². The Kier molecular flexibility index (Phi) is 3.90. The minimum atomic E-state index is -1.23. The van der Waals surface area contributed by atoms with Gasteiger partial charge < -0.3 is 21.6 Å². The zero-order chi connectivity index (χ0) is 15.6. The number of benzene rings is 1. The second-order valence-electron chi connectivity index (χ2n) is 5.41. The third kappa shape index (κ3) is 3.55. The molecule has 5 N–H and O–H groups in total. The zero-order valence-corrected chi connectivity index (χ0v) is 12.3. The minimum Gasteiger partial charge on any atom is -0.384 e. The van der Waals surface area contributed by atoms with E-state index in [9.17, 15) is 5.11 Å². The molecule has 1 aromatic heterocycles. The van der Waals surface area contributed by atoms with Crippen LogP contribution in [-0.4, -0.2) is 26.4 Å². The second-order valence-corrected chi connectivity index (χ2v) is 5.41. The maximum absolute atomic E-state index is 10.0. The van der Waals surface area contributed by atoms with Gasteiger partial charge in [-0.1, -0.05) is 12.1 Å². The van der Waals surface area contributed by atoms with Gasteiger partial charge >= 0.3 is 0 Å². The van der Waals surface area contributed by atoms with Gasteiger partial charge in [-0.15, -0.1) is 0 Å². The van der Waals surface area contributed by atoms with E-state index >= 15 is 0 Å². The lowest BCUT2D eigenvalue weighted by Gasteiger charge is -2.21. The number of rotatable bonds is 4. The molecule has 1 aromatic carbocycles. The zero-order valence-electron chi connectivity index (χ0n) is 12.3. The summed E-state index contributed by atoms with van der Waals surface area (Å²) >= 11 is 0. The van der Waals surface area contributed by atoms with E-state index in [-0.39, 0.29) is 11.7 Å². The third-order valence-electron chi connectivity index (χ3n) is 2.99. The number of nitrogens with zero attached hydrogens (tertiary/aromatic N) is 2. The Bertz CT molecular complexity index is 676. The van der Waals surface area contributed by atoms with Gasteiger partial charge in [0, 0.05) is 17.4 Å². The third-order valence-corrected chi connectivity index (χ3v) is 2.99. The van der Waals surface area contributed by atoms with E-state index < -0.39 is 5.60 Å². The van der Waals surface area contributed by atoms with Gasteiger partial charge in [0.25, 0.3) is 0 Å². The van der Waals surface area contributed by atoms with Gasteiger partial charge in [0.2, 0.25) is 5.95 Å². The van der Waals surface area contributed by atoms with Crippen LogP contribution in [0.3, 0.4) is 0 Å². The van der Waals surface area contributed by atoms with Crippen LogP contribution in [0.1, 0.15) is 25.0 Å². The van der Waals surface area contributed by atoms with Crippen molar-refractivity contribution in [3.05, 3.63) is 41.6 Å². The van der Waals surface area contributed by atoms with E-state index in [1.807, 2.05) is 25.1 Å². The highest BCUT2D eigenvalue weighted by atomic mass is 16.3. The lowest BCUT2D eigenvalue weighted by Crippen LogP contribution is -2.31. The monoisotopic (exact) mass is 285 g/mol. The predicted octanol–water partition coefficient (Wildman–Crippen LogP) is 2.25. The summed E-state index contributed by atoms with van der Waals surface area (Å²) in [5.41, 5.74) is 6.82. The molecule has 21 heavy (non-hydrogen) atoms. The molecular formula is C15H19N5O. The first kappa shape index (κ1) is 14.9. The number of hydrogen-bond acceptors (Lipinski definition) is 6. The van der Waals surface area contributed by atoms with Crippen LogP contribution >= 0.6 is 0 Å². The molecule has 0 atom stereocenters. The van der Waals surface area contributed by atoms with Crippen LogP contribution in [0.25, 0.3) is 0 Å². The fourth-order valence-corrected chi connectivity index (χ4v) is 1.89. The molecule has 0 unspecified atom stereocenters. The Morgan fingerprint density at radius 1 is 1.33 bits per heavy atom. The molecule has 0 saturated carbocycles. The van der Waals surface area contributed by atoms with E-state index in [0.29, 0.717) is 17.1 Å². The molecule has 2 aromatic rings. The van der Waals surface area contributed by atoms with E-state index in [1.165, 1.54) is 0 Å². The molecule has 0 saturated heterocycles. The van der Waals surface area contributed by atoms with Crippen molar-refractivity contribution in [2.75, 3.05) is 11.1 Å². The Morgan fingerprint density at radius 2 is 2.05 bits per heavy atom. The van der Waals surface area contributed by atoms with Crippen molar-refractivity contribution in [1.82, 2.24) is 9.97 Å². The Labute approximate surface area is 123 Å². The molecule has 6 nitrogen and oxygen atoms in total. The summed E-state index contributed by atoms with van der Waals surface area (Å²) in [7, 11) is 0. The van der Waals surface area contributed by atoms with Crippen molar-refractivity contribution < 1.29 is 5.11 Å². The highest BCUT2D eigenvalue weighted by molar-refractivity contribution is 6.08. The summed E-state index contributed by atoms with van der Waals surface area (Å²) in [6, 6.07) is 7.29. The Morgan fingerprint density at radius 3 is 2.67 bits per heavy atom. The topological polar surface area (TPSA) is 108 Å². The van der Waals surface area contributed by atoms with Gasteiger partial charge in [0.15, 0.2) is 0 Å². The maximum Gasteiger partial charge on any atom is 0.221 e. The number of nitrogen functional groups attached to an aromatic ring is 1. The number of aromatic nitrogens is 2. The molecule has 0 spiro atoms. The first-order valence-corrected chi connectivity index (χ1v) is 6.55. The largest absolute Gasteiger partial charge is 0.384 e. The highest BCUT2D eigenvalue weighted by Crippen LogP contribution is 2.25. The van der Waals surface area contributed by atoms with E-state index in [1.54, 1.807) is 26.1 Å². The molecule has 0 aliphatic heterocycles. The fraction of sp³-hybridized carbons (Fsp3) is 0.267. The van der Waals surface area contributed by atoms with Crippen molar-refractivity contribution in [3.8, 4) is 0 Å². The van der Waals surface area contributed by atoms with Crippen molar-refractivity contribution >= 4 is 23.2 Å². The van der Waals surface area contributed by atoms with Crippen molar-refractivity contribution in [2.24, 2.45) is 0 Å². The van der Waals surface area contributed by atoms with Gasteiger partial charge in [-0.25, -0.2) is 4.98 Å². The molecular weight excluding hydrogens is 266 g/mol. The number of aryl methyl sites for hydroxylation is 1. The smallest absolute Gasteiger partial charge is 0.221 e. The number of nitrogens with one attached hydrogen (secondary N) is 2. The fourth-order valence-electron chi connectivity index (χ4n) is 1.89. The molecule has 0 bridgehead atoms. The summed E-state index contributed by atoms with van der Waals surface area (Å²) in [6.07, 6.45) is 1.56. The molecule has 0 aliphatic rings. The average Bonchev–Trinajstić information content (AvgIpc) is 2.37. The van der Waals surface area contributed by atoms with Gasteiger partial charge in [-0.05, 0) is 38.5 Å². The standard InChI is InChI=1S/C15H19N5O/c1-9-4-5-10(13(16)15(2,3)21)11(8-9)19-12-6-7-18-14(17)20-12/h4-8,16,21H,1-3H3,(H3,17,18,19,20). The number of anilines is 3. The Hall–Kier alpha value is -2.47. The van der Waals surface area contributed by atoms with Crippen LogP contribution in [0.2, 0.25) is 0 Å². The van der Waals surface area contributed by atoms with Crippen molar-refractivity contribution in [2.45, 2.75) is 26.4 Å².